The number of hydrogen-bond donors (Lipinski definition) is 0. The smallest absolute Gasteiger partial charge is 0.417 e. The van der Waals surface area contributed by atoms with Gasteiger partial charge in [0.05, 0.1) is 11.6 Å². The number of aromatic nitrogens is 1. The Hall–Kier alpha value is -2.83. The second kappa shape index (κ2) is 7.30. The van der Waals surface area contributed by atoms with Gasteiger partial charge in [-0.1, -0.05) is 36.4 Å². The highest BCUT2D eigenvalue weighted by molar-refractivity contribution is 5.75. The Bertz CT molecular complexity index is 896. The molecule has 1 aromatic heterocycles. The second-order valence-electron chi connectivity index (χ2n) is 7.10. The largest absolute Gasteiger partial charge is 0.445 e. The van der Waals surface area contributed by atoms with E-state index in [2.05, 4.69) is 4.98 Å². The molecule has 146 valence electrons. The molecule has 1 fully saturated rings. The van der Waals surface area contributed by atoms with Gasteiger partial charge in [-0.15, -0.1) is 0 Å². The van der Waals surface area contributed by atoms with Gasteiger partial charge in [-0.2, -0.15) is 13.2 Å². The zero-order chi connectivity index (χ0) is 19.7. The van der Waals surface area contributed by atoms with Crippen LogP contribution in [0.15, 0.2) is 54.9 Å². The van der Waals surface area contributed by atoms with E-state index >= 15 is 0 Å². The van der Waals surface area contributed by atoms with Gasteiger partial charge in [-0.25, -0.2) is 4.79 Å². The second-order valence-corrected chi connectivity index (χ2v) is 7.10. The molecule has 2 bridgehead atoms. The highest BCUT2D eigenvalue weighted by atomic mass is 19.4. The predicted molar refractivity (Wildman–Crippen MR) is 97.1 cm³/mol. The molecule has 2 aliphatic rings. The molecule has 7 heteroatoms. The third-order valence-electron chi connectivity index (χ3n) is 5.25. The molecule has 1 amide bonds. The Morgan fingerprint density at radius 3 is 2.68 bits per heavy atom. The summed E-state index contributed by atoms with van der Waals surface area (Å²) in [6.07, 6.45) is 1.43. The summed E-state index contributed by atoms with van der Waals surface area (Å²) in [5.41, 5.74) is 1.41. The maximum absolute atomic E-state index is 13.0. The predicted octanol–water partition coefficient (Wildman–Crippen LogP) is 5.06. The lowest BCUT2D eigenvalue weighted by atomic mass is 9.95. The first kappa shape index (κ1) is 18.5. The van der Waals surface area contributed by atoms with Gasteiger partial charge in [-0.05, 0) is 42.0 Å². The van der Waals surface area contributed by atoms with Crippen molar-refractivity contribution in [1.29, 1.82) is 0 Å². The molecule has 1 saturated heterocycles. The Morgan fingerprint density at radius 2 is 1.96 bits per heavy atom. The molecule has 0 saturated carbocycles. The highest BCUT2D eigenvalue weighted by Crippen LogP contribution is 2.40. The Balaban J connectivity index is 1.49. The first-order valence-electron chi connectivity index (χ1n) is 9.14. The normalized spacial score (nSPS) is 21.4. The molecule has 3 heterocycles. The number of fused-ring (bicyclic) bond motifs is 2. The fourth-order valence-electron chi connectivity index (χ4n) is 3.89. The molecular weight excluding hydrogens is 369 g/mol. The van der Waals surface area contributed by atoms with Crippen LogP contribution in [0.25, 0.3) is 5.57 Å². The summed E-state index contributed by atoms with van der Waals surface area (Å²) in [6, 6.07) is 10.3. The molecule has 4 rings (SSSR count). The number of amides is 1. The van der Waals surface area contributed by atoms with Gasteiger partial charge >= 0.3 is 12.3 Å². The van der Waals surface area contributed by atoms with Crippen molar-refractivity contribution in [2.45, 2.75) is 44.1 Å². The average molecular weight is 388 g/mol. The van der Waals surface area contributed by atoms with Gasteiger partial charge in [0, 0.05) is 18.4 Å². The van der Waals surface area contributed by atoms with Crippen molar-refractivity contribution in [2.75, 3.05) is 0 Å². The molecule has 0 N–H and O–H groups in total. The van der Waals surface area contributed by atoms with Crippen LogP contribution >= 0.6 is 0 Å². The molecule has 0 aliphatic carbocycles. The summed E-state index contributed by atoms with van der Waals surface area (Å²) in [5, 5.41) is 0. The minimum atomic E-state index is -4.43. The first-order valence-corrected chi connectivity index (χ1v) is 9.14. The van der Waals surface area contributed by atoms with Crippen molar-refractivity contribution < 1.29 is 22.7 Å². The Labute approximate surface area is 160 Å². The van der Waals surface area contributed by atoms with Crippen molar-refractivity contribution in [3.63, 3.8) is 0 Å². The van der Waals surface area contributed by atoms with E-state index in [1.54, 1.807) is 4.90 Å². The van der Waals surface area contributed by atoms with Crippen molar-refractivity contribution in [1.82, 2.24) is 9.88 Å². The van der Waals surface area contributed by atoms with Crippen LogP contribution in [0.5, 0.6) is 0 Å². The fourth-order valence-corrected chi connectivity index (χ4v) is 3.89. The monoisotopic (exact) mass is 388 g/mol. The number of rotatable bonds is 3. The third-order valence-corrected chi connectivity index (χ3v) is 5.25. The molecule has 4 nitrogen and oxygen atoms in total. The molecular formula is C21H19F3N2O2. The summed E-state index contributed by atoms with van der Waals surface area (Å²) < 4.78 is 44.3. The molecule has 2 atom stereocenters. The van der Waals surface area contributed by atoms with Crippen LogP contribution in [0.2, 0.25) is 0 Å². The summed E-state index contributed by atoms with van der Waals surface area (Å²) >= 11 is 0. The SMILES string of the molecule is O=C(OCc1ccccc1)N1C2C=C(c3cncc(C(F)(F)F)c3)CC1CC2. The quantitative estimate of drug-likeness (QED) is 0.738. The summed E-state index contributed by atoms with van der Waals surface area (Å²) in [7, 11) is 0. The van der Waals surface area contributed by atoms with Crippen molar-refractivity contribution in [3.8, 4) is 0 Å². The number of hydrogen-bond acceptors (Lipinski definition) is 3. The summed E-state index contributed by atoms with van der Waals surface area (Å²) in [6.45, 7) is 0.198. The standard InChI is InChI=1S/C21H19F3N2O2/c22-21(23,24)17-8-16(11-25-12-17)15-9-18-6-7-19(10-15)26(18)20(27)28-13-14-4-2-1-3-5-14/h1-5,8-9,11-12,18-19H,6-7,10,13H2. The number of carbonyl (C=O) groups is 1. The minimum absolute atomic E-state index is 0.0668. The van der Waals surface area contributed by atoms with Gasteiger partial charge in [0.15, 0.2) is 0 Å². The van der Waals surface area contributed by atoms with Crippen LogP contribution < -0.4 is 0 Å². The Morgan fingerprint density at radius 1 is 1.18 bits per heavy atom. The number of ether oxygens (including phenoxy) is 1. The summed E-state index contributed by atoms with van der Waals surface area (Å²) in [4.78, 5) is 18.0. The molecule has 28 heavy (non-hydrogen) atoms. The van der Waals surface area contributed by atoms with E-state index in [1.807, 2.05) is 36.4 Å². The topological polar surface area (TPSA) is 42.4 Å². The van der Waals surface area contributed by atoms with Crippen molar-refractivity contribution in [3.05, 3.63) is 71.6 Å². The van der Waals surface area contributed by atoms with Crippen molar-refractivity contribution >= 4 is 11.7 Å². The van der Waals surface area contributed by atoms with E-state index in [4.69, 9.17) is 4.74 Å². The van der Waals surface area contributed by atoms with E-state index in [0.29, 0.717) is 12.0 Å². The van der Waals surface area contributed by atoms with Crippen LogP contribution in [0.3, 0.4) is 0 Å². The van der Waals surface area contributed by atoms with E-state index in [9.17, 15) is 18.0 Å². The molecule has 2 aliphatic heterocycles. The average Bonchev–Trinajstić information content (AvgIpc) is 2.96. The van der Waals surface area contributed by atoms with Crippen LogP contribution in [0.4, 0.5) is 18.0 Å². The zero-order valence-electron chi connectivity index (χ0n) is 15.0. The number of pyridine rings is 1. The number of carbonyl (C=O) groups excluding carboxylic acids is 1. The van der Waals surface area contributed by atoms with Crippen molar-refractivity contribution in [2.24, 2.45) is 0 Å². The molecule has 0 radical (unpaired) electrons. The van der Waals surface area contributed by atoms with Gasteiger partial charge in [0.25, 0.3) is 0 Å². The van der Waals surface area contributed by atoms with E-state index in [0.717, 1.165) is 36.2 Å². The number of nitrogens with zero attached hydrogens (tertiary/aromatic N) is 2. The molecule has 2 unspecified atom stereocenters. The first-order chi connectivity index (χ1) is 13.4. The molecule has 0 spiro atoms. The lowest BCUT2D eigenvalue weighted by molar-refractivity contribution is -0.137. The molecule has 1 aromatic carbocycles. The Kier molecular flexibility index (Phi) is 4.83. The third kappa shape index (κ3) is 3.74. The van der Waals surface area contributed by atoms with Gasteiger partial charge in [0.1, 0.15) is 6.61 Å². The van der Waals surface area contributed by atoms with Crippen LogP contribution in [-0.2, 0) is 17.5 Å². The zero-order valence-corrected chi connectivity index (χ0v) is 15.0. The number of halogens is 3. The lowest BCUT2D eigenvalue weighted by Crippen LogP contribution is -2.43. The summed E-state index contributed by atoms with van der Waals surface area (Å²) in [5.74, 6) is 0. The minimum Gasteiger partial charge on any atom is -0.445 e. The highest BCUT2D eigenvalue weighted by Gasteiger charge is 2.41. The van der Waals surface area contributed by atoms with E-state index in [1.165, 1.54) is 6.20 Å². The maximum Gasteiger partial charge on any atom is 0.417 e. The fraction of sp³-hybridized carbons (Fsp3) is 0.333. The lowest BCUT2D eigenvalue weighted by Gasteiger charge is -2.33. The van der Waals surface area contributed by atoms with Crippen LogP contribution in [0, 0.1) is 0 Å². The molecule has 2 aromatic rings. The number of alkyl halides is 3. The van der Waals surface area contributed by atoms with Crippen LogP contribution in [-0.4, -0.2) is 28.1 Å². The van der Waals surface area contributed by atoms with E-state index < -0.39 is 11.7 Å². The maximum atomic E-state index is 13.0. The van der Waals surface area contributed by atoms with Gasteiger partial charge < -0.3 is 4.74 Å². The van der Waals surface area contributed by atoms with E-state index in [-0.39, 0.29) is 24.8 Å². The van der Waals surface area contributed by atoms with Crippen LogP contribution in [0.1, 0.15) is 36.0 Å². The van der Waals surface area contributed by atoms with Gasteiger partial charge in [0.2, 0.25) is 0 Å². The van der Waals surface area contributed by atoms with Gasteiger partial charge in [-0.3, -0.25) is 9.88 Å². The number of benzene rings is 1.